The fourth-order valence-corrected chi connectivity index (χ4v) is 4.78. The number of rotatable bonds is 4. The molecule has 1 amide bonds. The molecule has 6 nitrogen and oxygen atoms in total. The number of piperidine rings is 1. The third-order valence-corrected chi connectivity index (χ3v) is 6.57. The van der Waals surface area contributed by atoms with E-state index in [1.165, 1.54) is 22.9 Å². The van der Waals surface area contributed by atoms with Gasteiger partial charge in [0.2, 0.25) is 5.91 Å². The molecule has 2 aromatic carbocycles. The molecule has 148 valence electrons. The number of fused-ring (bicyclic) bond motifs is 1. The maximum atomic E-state index is 12.5. The van der Waals surface area contributed by atoms with Crippen LogP contribution >= 0.6 is 22.9 Å². The van der Waals surface area contributed by atoms with Gasteiger partial charge in [0.1, 0.15) is 5.02 Å². The second-order valence-corrected chi connectivity index (χ2v) is 8.39. The van der Waals surface area contributed by atoms with Crippen LogP contribution in [0, 0.1) is 10.1 Å². The van der Waals surface area contributed by atoms with Crippen LogP contribution in [0.1, 0.15) is 29.3 Å². The first-order valence-corrected chi connectivity index (χ1v) is 10.5. The van der Waals surface area contributed by atoms with Crippen LogP contribution in [0.15, 0.2) is 48.5 Å². The van der Waals surface area contributed by atoms with E-state index in [9.17, 15) is 14.9 Å². The molecule has 1 aliphatic rings. The Balaban J connectivity index is 1.38. The summed E-state index contributed by atoms with van der Waals surface area (Å²) in [5.41, 5.74) is 1.43. The second-order valence-electron chi connectivity index (χ2n) is 6.92. The molecule has 0 radical (unpaired) electrons. The lowest BCUT2D eigenvalue weighted by Gasteiger charge is -2.30. The molecule has 0 bridgehead atoms. The van der Waals surface area contributed by atoms with Crippen LogP contribution < -0.4 is 0 Å². The molecule has 4 rings (SSSR count). The zero-order valence-corrected chi connectivity index (χ0v) is 17.0. The normalized spacial score (nSPS) is 15.3. The average Bonchev–Trinajstić information content (AvgIpc) is 3.17. The van der Waals surface area contributed by atoms with E-state index in [1.54, 1.807) is 23.5 Å². The number of nitrogens with zero attached hydrogens (tertiary/aromatic N) is 3. The molecule has 3 aromatic rings. The van der Waals surface area contributed by atoms with Crippen LogP contribution in [0.25, 0.3) is 16.3 Å². The second kappa shape index (κ2) is 8.31. The molecular formula is C21H18ClN3O3S. The lowest BCUT2D eigenvalue weighted by atomic mass is 9.97. The van der Waals surface area contributed by atoms with Crippen molar-refractivity contribution in [1.82, 2.24) is 9.88 Å². The monoisotopic (exact) mass is 427 g/mol. The number of benzene rings is 2. The van der Waals surface area contributed by atoms with Crippen molar-refractivity contribution < 1.29 is 9.72 Å². The Hall–Kier alpha value is -2.77. The predicted molar refractivity (Wildman–Crippen MR) is 115 cm³/mol. The van der Waals surface area contributed by atoms with E-state index in [-0.39, 0.29) is 16.6 Å². The molecule has 0 aliphatic carbocycles. The van der Waals surface area contributed by atoms with Crippen molar-refractivity contribution in [2.75, 3.05) is 13.1 Å². The highest BCUT2D eigenvalue weighted by Gasteiger charge is 2.25. The molecule has 2 heterocycles. The number of amides is 1. The van der Waals surface area contributed by atoms with Gasteiger partial charge in [-0.15, -0.1) is 11.3 Å². The van der Waals surface area contributed by atoms with Gasteiger partial charge in [-0.1, -0.05) is 29.8 Å². The fourth-order valence-electron chi connectivity index (χ4n) is 3.46. The summed E-state index contributed by atoms with van der Waals surface area (Å²) < 4.78 is 1.20. The van der Waals surface area contributed by atoms with Crippen molar-refractivity contribution in [1.29, 1.82) is 0 Å². The van der Waals surface area contributed by atoms with E-state index in [4.69, 9.17) is 16.6 Å². The zero-order chi connectivity index (χ0) is 20.4. The highest BCUT2D eigenvalue weighted by Crippen LogP contribution is 2.34. The summed E-state index contributed by atoms with van der Waals surface area (Å²) in [4.78, 5) is 29.5. The smallest absolute Gasteiger partial charge is 0.288 e. The number of carbonyl (C=O) groups excluding carboxylic acids is 1. The number of aromatic nitrogens is 1. The largest absolute Gasteiger partial charge is 0.339 e. The van der Waals surface area contributed by atoms with Gasteiger partial charge >= 0.3 is 0 Å². The number of halogens is 1. The first kappa shape index (κ1) is 19.5. The first-order valence-electron chi connectivity index (χ1n) is 9.27. The van der Waals surface area contributed by atoms with Gasteiger partial charge in [-0.25, -0.2) is 4.98 Å². The molecule has 0 N–H and O–H groups in total. The van der Waals surface area contributed by atoms with Gasteiger partial charge in [0.15, 0.2) is 0 Å². The van der Waals surface area contributed by atoms with Crippen LogP contribution in [-0.2, 0) is 4.79 Å². The number of nitro benzene ring substituents is 1. The highest BCUT2D eigenvalue weighted by molar-refractivity contribution is 7.18. The summed E-state index contributed by atoms with van der Waals surface area (Å²) in [7, 11) is 0. The Kier molecular flexibility index (Phi) is 5.60. The molecule has 8 heteroatoms. The van der Waals surface area contributed by atoms with Crippen LogP contribution in [0.3, 0.4) is 0 Å². The molecule has 1 aromatic heterocycles. The molecule has 1 saturated heterocycles. The molecule has 1 fully saturated rings. The minimum atomic E-state index is -0.533. The summed E-state index contributed by atoms with van der Waals surface area (Å²) in [6.07, 6.45) is 4.81. The molecule has 0 atom stereocenters. The molecular weight excluding hydrogens is 410 g/mol. The SMILES string of the molecule is O=C(C=Cc1ccc(Cl)c([N+](=O)[O-])c1)N1CCC(c2nc3ccccc3s2)CC1. The van der Waals surface area contributed by atoms with Crippen molar-refractivity contribution >= 4 is 50.8 Å². The lowest BCUT2D eigenvalue weighted by Crippen LogP contribution is -2.36. The van der Waals surface area contributed by atoms with Gasteiger partial charge < -0.3 is 4.90 Å². The van der Waals surface area contributed by atoms with E-state index in [1.807, 2.05) is 23.1 Å². The number of likely N-dealkylation sites (tertiary alicyclic amines) is 1. The van der Waals surface area contributed by atoms with Crippen molar-refractivity contribution in [2.45, 2.75) is 18.8 Å². The Labute approximate surface area is 176 Å². The third kappa shape index (κ3) is 4.31. The average molecular weight is 428 g/mol. The molecule has 0 unspecified atom stereocenters. The van der Waals surface area contributed by atoms with Crippen molar-refractivity contribution in [3.05, 3.63) is 74.2 Å². The van der Waals surface area contributed by atoms with Crippen LogP contribution in [0.4, 0.5) is 5.69 Å². The van der Waals surface area contributed by atoms with Crippen molar-refractivity contribution in [3.8, 4) is 0 Å². The lowest BCUT2D eigenvalue weighted by molar-refractivity contribution is -0.384. The van der Waals surface area contributed by atoms with Gasteiger partial charge in [-0.3, -0.25) is 14.9 Å². The first-order chi connectivity index (χ1) is 14.0. The van der Waals surface area contributed by atoms with Crippen LogP contribution in [0.2, 0.25) is 5.02 Å². The maximum Gasteiger partial charge on any atom is 0.288 e. The predicted octanol–water partition coefficient (Wildman–Crippen LogP) is 5.28. The Bertz CT molecular complexity index is 1070. The van der Waals surface area contributed by atoms with Crippen molar-refractivity contribution in [3.63, 3.8) is 0 Å². The van der Waals surface area contributed by atoms with Gasteiger partial charge in [-0.2, -0.15) is 0 Å². The fraction of sp³-hybridized carbons (Fsp3) is 0.238. The maximum absolute atomic E-state index is 12.5. The molecule has 0 saturated carbocycles. The van der Waals surface area contributed by atoms with Crippen LogP contribution in [0.5, 0.6) is 0 Å². The highest BCUT2D eigenvalue weighted by atomic mass is 35.5. The summed E-state index contributed by atoms with van der Waals surface area (Å²) in [6, 6.07) is 12.6. The minimum absolute atomic E-state index is 0.0791. The minimum Gasteiger partial charge on any atom is -0.339 e. The van der Waals surface area contributed by atoms with E-state index >= 15 is 0 Å². The van der Waals surface area contributed by atoms with E-state index in [0.717, 1.165) is 23.4 Å². The standard InChI is InChI=1S/C21H18ClN3O3S/c22-16-7-5-14(13-18(16)25(27)28)6-8-20(26)24-11-9-15(10-12-24)21-23-17-3-1-2-4-19(17)29-21/h1-8,13,15H,9-12H2. The summed E-state index contributed by atoms with van der Waals surface area (Å²) in [5, 5.41) is 12.2. The summed E-state index contributed by atoms with van der Waals surface area (Å²) >= 11 is 7.55. The number of hydrogen-bond acceptors (Lipinski definition) is 5. The van der Waals surface area contributed by atoms with E-state index < -0.39 is 4.92 Å². The summed E-state index contributed by atoms with van der Waals surface area (Å²) in [5.74, 6) is 0.282. The number of carbonyl (C=O) groups is 1. The zero-order valence-electron chi connectivity index (χ0n) is 15.5. The number of nitro groups is 1. The quantitative estimate of drug-likeness (QED) is 0.322. The van der Waals surface area contributed by atoms with Crippen LogP contribution in [-0.4, -0.2) is 33.8 Å². The van der Waals surface area contributed by atoms with Crippen molar-refractivity contribution in [2.24, 2.45) is 0 Å². The Morgan fingerprint density at radius 3 is 2.72 bits per heavy atom. The van der Waals surface area contributed by atoms with Gasteiger partial charge in [0, 0.05) is 31.1 Å². The topological polar surface area (TPSA) is 76.3 Å². The van der Waals surface area contributed by atoms with E-state index in [0.29, 0.717) is 24.6 Å². The molecule has 0 spiro atoms. The third-order valence-electron chi connectivity index (χ3n) is 5.05. The number of thiazole rings is 1. The number of para-hydroxylation sites is 1. The molecule has 29 heavy (non-hydrogen) atoms. The van der Waals surface area contributed by atoms with Gasteiger partial charge in [0.25, 0.3) is 5.69 Å². The van der Waals surface area contributed by atoms with Gasteiger partial charge in [-0.05, 0) is 42.7 Å². The summed E-state index contributed by atoms with van der Waals surface area (Å²) in [6.45, 7) is 1.34. The molecule has 1 aliphatic heterocycles. The Morgan fingerprint density at radius 2 is 2.00 bits per heavy atom. The Morgan fingerprint density at radius 1 is 1.24 bits per heavy atom. The number of hydrogen-bond donors (Lipinski definition) is 0. The van der Waals surface area contributed by atoms with Gasteiger partial charge in [0.05, 0.1) is 20.1 Å². The van der Waals surface area contributed by atoms with E-state index in [2.05, 4.69) is 6.07 Å².